The quantitative estimate of drug-likeness (QED) is 0.804. The molecule has 140 valence electrons. The second-order valence-electron chi connectivity index (χ2n) is 7.27. The minimum absolute atomic E-state index is 0.0846. The first-order valence-corrected chi connectivity index (χ1v) is 10.7. The van der Waals surface area contributed by atoms with Gasteiger partial charge in [0.25, 0.3) is 0 Å². The van der Waals surface area contributed by atoms with Crippen LogP contribution in [-0.4, -0.2) is 28.5 Å². The number of aryl methyl sites for hydroxylation is 1. The Bertz CT molecular complexity index is 917. The minimum atomic E-state index is -3.91. The highest BCUT2D eigenvalue weighted by molar-refractivity contribution is 7.89. The Morgan fingerprint density at radius 3 is 2.65 bits per heavy atom. The summed E-state index contributed by atoms with van der Waals surface area (Å²) >= 11 is 0. The zero-order valence-corrected chi connectivity index (χ0v) is 15.8. The smallest absolute Gasteiger partial charge is 0.246 e. The number of halogens is 1. The second-order valence-corrected chi connectivity index (χ2v) is 9.13. The molecule has 0 bridgehead atoms. The van der Waals surface area contributed by atoms with Gasteiger partial charge in [0.05, 0.1) is 12.2 Å². The van der Waals surface area contributed by atoms with Gasteiger partial charge >= 0.3 is 0 Å². The van der Waals surface area contributed by atoms with Crippen molar-refractivity contribution in [3.63, 3.8) is 0 Å². The van der Waals surface area contributed by atoms with E-state index in [1.54, 1.807) is 6.07 Å². The van der Waals surface area contributed by atoms with Crippen molar-refractivity contribution < 1.29 is 12.8 Å². The second kappa shape index (κ2) is 6.78. The molecule has 1 saturated carbocycles. The molecule has 0 radical (unpaired) electrons. The fourth-order valence-electron chi connectivity index (χ4n) is 4.36. The highest BCUT2D eigenvalue weighted by Gasteiger charge is 2.36. The highest BCUT2D eigenvalue weighted by atomic mass is 32.2. The topological polar surface area (TPSA) is 55.2 Å². The van der Waals surface area contributed by atoms with Gasteiger partial charge < -0.3 is 0 Å². The molecule has 1 aromatic heterocycles. The lowest BCUT2D eigenvalue weighted by Crippen LogP contribution is -2.39. The Kier molecular flexibility index (Phi) is 4.61. The lowest BCUT2D eigenvalue weighted by molar-refractivity contribution is 0.310. The van der Waals surface area contributed by atoms with Crippen LogP contribution in [0.2, 0.25) is 0 Å². The van der Waals surface area contributed by atoms with Crippen LogP contribution in [0.5, 0.6) is 0 Å². The van der Waals surface area contributed by atoms with Crippen LogP contribution >= 0.6 is 0 Å². The Hall–Kier alpha value is -1.73. The molecule has 1 heterocycles. The number of rotatable bonds is 5. The molecule has 0 saturated heterocycles. The molecule has 5 nitrogen and oxygen atoms in total. The molecule has 1 fully saturated rings. The van der Waals surface area contributed by atoms with Crippen molar-refractivity contribution >= 4 is 10.0 Å². The third-order valence-corrected chi connectivity index (χ3v) is 7.59. The van der Waals surface area contributed by atoms with E-state index >= 15 is 0 Å². The van der Waals surface area contributed by atoms with Crippen molar-refractivity contribution in [1.82, 2.24) is 14.1 Å². The fourth-order valence-corrected chi connectivity index (χ4v) is 6.07. The molecular weight excluding hydrogens is 353 g/mol. The molecule has 4 rings (SSSR count). The monoisotopic (exact) mass is 377 g/mol. The number of nitrogens with zero attached hydrogens (tertiary/aromatic N) is 3. The van der Waals surface area contributed by atoms with Gasteiger partial charge in [-0.25, -0.2) is 12.8 Å². The van der Waals surface area contributed by atoms with E-state index in [1.165, 1.54) is 33.8 Å². The predicted octanol–water partition coefficient (Wildman–Crippen LogP) is 3.18. The molecule has 0 atom stereocenters. The Labute approximate surface area is 153 Å². The summed E-state index contributed by atoms with van der Waals surface area (Å²) in [6.07, 6.45) is 6.67. The number of benzene rings is 1. The third-order valence-electron chi connectivity index (χ3n) is 5.66. The molecule has 0 N–H and O–H groups in total. The van der Waals surface area contributed by atoms with Crippen LogP contribution in [-0.2, 0) is 36.5 Å². The number of fused-ring (bicyclic) bond motifs is 1. The minimum Gasteiger partial charge on any atom is -0.272 e. The van der Waals surface area contributed by atoms with Gasteiger partial charge in [-0.2, -0.15) is 9.40 Å². The summed E-state index contributed by atoms with van der Waals surface area (Å²) in [5, 5.41) is 4.59. The standard InChI is InChI=1S/C19H24FN3O2S/c1-22-18-11-6-9-15(18)17(21-22)13-23(14-7-2-3-8-14)26(24,25)19-12-5-4-10-16(19)20/h4-5,10,12,14H,2-3,6-9,11,13H2,1H3. The van der Waals surface area contributed by atoms with Crippen molar-refractivity contribution in [1.29, 1.82) is 0 Å². The lowest BCUT2D eigenvalue weighted by Gasteiger charge is -2.28. The van der Waals surface area contributed by atoms with E-state index in [-0.39, 0.29) is 17.5 Å². The first-order chi connectivity index (χ1) is 12.5. The number of aromatic nitrogens is 2. The van der Waals surface area contributed by atoms with Crippen LogP contribution in [0.3, 0.4) is 0 Å². The van der Waals surface area contributed by atoms with E-state index in [4.69, 9.17) is 0 Å². The van der Waals surface area contributed by atoms with E-state index in [2.05, 4.69) is 5.10 Å². The van der Waals surface area contributed by atoms with Crippen LogP contribution in [0.4, 0.5) is 4.39 Å². The van der Waals surface area contributed by atoms with Crippen molar-refractivity contribution in [3.8, 4) is 0 Å². The zero-order valence-electron chi connectivity index (χ0n) is 15.0. The molecule has 2 aliphatic carbocycles. The first kappa shape index (κ1) is 17.7. The summed E-state index contributed by atoms with van der Waals surface area (Å²) in [5.74, 6) is -0.693. The average molecular weight is 377 g/mol. The Morgan fingerprint density at radius 2 is 1.92 bits per heavy atom. The van der Waals surface area contributed by atoms with Gasteiger partial charge in [-0.3, -0.25) is 4.68 Å². The predicted molar refractivity (Wildman–Crippen MR) is 96.6 cm³/mol. The molecule has 0 unspecified atom stereocenters. The first-order valence-electron chi connectivity index (χ1n) is 9.28. The molecule has 1 aromatic carbocycles. The average Bonchev–Trinajstić information content (AvgIpc) is 3.33. The summed E-state index contributed by atoms with van der Waals surface area (Å²) in [6.45, 7) is 0.227. The maximum Gasteiger partial charge on any atom is 0.246 e. The lowest BCUT2D eigenvalue weighted by atomic mass is 10.2. The van der Waals surface area contributed by atoms with E-state index in [0.717, 1.165) is 50.6 Å². The van der Waals surface area contributed by atoms with Gasteiger partial charge in [-0.1, -0.05) is 25.0 Å². The van der Waals surface area contributed by atoms with E-state index < -0.39 is 15.8 Å². The zero-order chi connectivity index (χ0) is 18.3. The van der Waals surface area contributed by atoms with Gasteiger partial charge in [0, 0.05) is 18.8 Å². The SMILES string of the molecule is Cn1nc(CN(C2CCCC2)S(=O)(=O)c2ccccc2F)c2c1CCC2. The molecule has 2 aliphatic rings. The van der Waals surface area contributed by atoms with Crippen LogP contribution in [0.1, 0.15) is 49.1 Å². The van der Waals surface area contributed by atoms with Crippen LogP contribution in [0, 0.1) is 5.82 Å². The van der Waals surface area contributed by atoms with Gasteiger partial charge in [-0.15, -0.1) is 0 Å². The molecule has 0 amide bonds. The van der Waals surface area contributed by atoms with E-state index in [9.17, 15) is 12.8 Å². The van der Waals surface area contributed by atoms with Gasteiger partial charge in [-0.05, 0) is 49.8 Å². The van der Waals surface area contributed by atoms with Gasteiger partial charge in [0.15, 0.2) is 0 Å². The summed E-state index contributed by atoms with van der Waals surface area (Å²) in [7, 11) is -2.00. The fraction of sp³-hybridized carbons (Fsp3) is 0.526. The van der Waals surface area contributed by atoms with Crippen LogP contribution in [0.15, 0.2) is 29.2 Å². The summed E-state index contributed by atoms with van der Waals surface area (Å²) in [5.41, 5.74) is 3.21. The van der Waals surface area contributed by atoms with Crippen LogP contribution in [0.25, 0.3) is 0 Å². The Balaban J connectivity index is 1.74. The molecular formula is C19H24FN3O2S. The largest absolute Gasteiger partial charge is 0.272 e. The number of sulfonamides is 1. The van der Waals surface area contributed by atoms with Crippen molar-refractivity contribution in [2.24, 2.45) is 7.05 Å². The number of hydrogen-bond donors (Lipinski definition) is 0. The number of hydrogen-bond acceptors (Lipinski definition) is 3. The van der Waals surface area contributed by atoms with Crippen molar-refractivity contribution in [3.05, 3.63) is 47.0 Å². The molecule has 7 heteroatoms. The summed E-state index contributed by atoms with van der Waals surface area (Å²) in [4.78, 5) is -0.237. The summed E-state index contributed by atoms with van der Waals surface area (Å²) < 4.78 is 44.2. The summed E-state index contributed by atoms with van der Waals surface area (Å²) in [6, 6.07) is 5.56. The van der Waals surface area contributed by atoms with Crippen molar-refractivity contribution in [2.45, 2.75) is 62.4 Å². The molecule has 0 aliphatic heterocycles. The van der Waals surface area contributed by atoms with E-state index in [0.29, 0.717) is 0 Å². The molecule has 0 spiro atoms. The van der Waals surface area contributed by atoms with Crippen molar-refractivity contribution in [2.75, 3.05) is 0 Å². The van der Waals surface area contributed by atoms with Crippen LogP contribution < -0.4 is 0 Å². The molecule has 2 aromatic rings. The maximum atomic E-state index is 14.3. The van der Waals surface area contributed by atoms with E-state index in [1.807, 2.05) is 11.7 Å². The highest BCUT2D eigenvalue weighted by Crippen LogP contribution is 2.33. The normalized spacial score (nSPS) is 18.0. The van der Waals surface area contributed by atoms with Gasteiger partial charge in [0.2, 0.25) is 10.0 Å². The maximum absolute atomic E-state index is 14.3. The molecule has 26 heavy (non-hydrogen) atoms. The Morgan fingerprint density at radius 1 is 1.19 bits per heavy atom. The van der Waals surface area contributed by atoms with Gasteiger partial charge in [0.1, 0.15) is 10.7 Å². The third kappa shape index (κ3) is 2.97.